The van der Waals surface area contributed by atoms with Crippen LogP contribution in [0, 0.1) is 0 Å². The van der Waals surface area contributed by atoms with Crippen molar-refractivity contribution < 1.29 is 9.53 Å². The molecule has 1 aromatic rings. The van der Waals surface area contributed by atoms with E-state index in [-0.39, 0.29) is 5.91 Å². The number of halogens is 2. The van der Waals surface area contributed by atoms with E-state index in [1.54, 1.807) is 12.3 Å². The van der Waals surface area contributed by atoms with Gasteiger partial charge in [0.2, 0.25) is 0 Å². The Kier molecular flexibility index (Phi) is 5.06. The van der Waals surface area contributed by atoms with Gasteiger partial charge >= 0.3 is 0 Å². The molecular weight excluding hydrogens is 325 g/mol. The minimum absolute atomic E-state index is 0.0782. The van der Waals surface area contributed by atoms with Gasteiger partial charge in [-0.1, -0.05) is 23.2 Å². The molecule has 1 amide bonds. The van der Waals surface area contributed by atoms with Gasteiger partial charge in [-0.05, 0) is 25.3 Å². The third-order valence-electron chi connectivity index (χ3n) is 4.10. The standard InChI is InChI=1S/C15H19Cl2N3O2/c16-11-8-12(17)14(18-9-11)20-6-7-22-13(10-20)15(21)19-4-2-1-3-5-19/h8-9,13H,1-7,10H2. The van der Waals surface area contributed by atoms with E-state index in [0.29, 0.717) is 35.6 Å². The summed E-state index contributed by atoms with van der Waals surface area (Å²) in [6.45, 7) is 3.30. The van der Waals surface area contributed by atoms with Crippen LogP contribution in [0.1, 0.15) is 19.3 Å². The minimum atomic E-state index is -0.444. The fourth-order valence-electron chi connectivity index (χ4n) is 2.95. The lowest BCUT2D eigenvalue weighted by atomic mass is 10.1. The van der Waals surface area contributed by atoms with Crippen molar-refractivity contribution in [1.82, 2.24) is 9.88 Å². The first-order valence-electron chi connectivity index (χ1n) is 7.61. The molecule has 0 N–H and O–H groups in total. The van der Waals surface area contributed by atoms with Gasteiger partial charge in [-0.15, -0.1) is 0 Å². The van der Waals surface area contributed by atoms with Gasteiger partial charge in [-0.25, -0.2) is 4.98 Å². The monoisotopic (exact) mass is 343 g/mol. The van der Waals surface area contributed by atoms with Gasteiger partial charge in [-0.2, -0.15) is 0 Å². The van der Waals surface area contributed by atoms with Crippen LogP contribution in [0.5, 0.6) is 0 Å². The summed E-state index contributed by atoms with van der Waals surface area (Å²) < 4.78 is 5.68. The lowest BCUT2D eigenvalue weighted by molar-refractivity contribution is -0.145. The van der Waals surface area contributed by atoms with Gasteiger partial charge in [0.25, 0.3) is 5.91 Å². The molecule has 1 unspecified atom stereocenters. The van der Waals surface area contributed by atoms with E-state index in [4.69, 9.17) is 27.9 Å². The number of morpholine rings is 1. The van der Waals surface area contributed by atoms with E-state index in [0.717, 1.165) is 25.9 Å². The summed E-state index contributed by atoms with van der Waals surface area (Å²) in [6, 6.07) is 1.67. The predicted molar refractivity (Wildman–Crippen MR) is 86.6 cm³/mol. The van der Waals surface area contributed by atoms with Crippen molar-refractivity contribution in [1.29, 1.82) is 0 Å². The van der Waals surface area contributed by atoms with Crippen LogP contribution in [-0.4, -0.2) is 54.7 Å². The van der Waals surface area contributed by atoms with Crippen LogP contribution in [0.15, 0.2) is 12.3 Å². The fraction of sp³-hybridized carbons (Fsp3) is 0.600. The minimum Gasteiger partial charge on any atom is -0.365 e. The van der Waals surface area contributed by atoms with Crippen LogP contribution in [-0.2, 0) is 9.53 Å². The Bertz CT molecular complexity index is 550. The lowest BCUT2D eigenvalue weighted by Crippen LogP contribution is -2.52. The Morgan fingerprint density at radius 1 is 1.23 bits per heavy atom. The van der Waals surface area contributed by atoms with E-state index < -0.39 is 6.10 Å². The Labute approximate surface area is 140 Å². The first kappa shape index (κ1) is 15.8. The lowest BCUT2D eigenvalue weighted by Gasteiger charge is -2.36. The van der Waals surface area contributed by atoms with Gasteiger partial charge in [0, 0.05) is 25.8 Å². The first-order valence-corrected chi connectivity index (χ1v) is 8.37. The van der Waals surface area contributed by atoms with Gasteiger partial charge < -0.3 is 14.5 Å². The highest BCUT2D eigenvalue weighted by molar-refractivity contribution is 6.36. The SMILES string of the molecule is O=C(C1CN(c2ncc(Cl)cc2Cl)CCO1)N1CCCCC1. The molecule has 0 saturated carbocycles. The zero-order valence-electron chi connectivity index (χ0n) is 12.3. The van der Waals surface area contributed by atoms with Gasteiger partial charge in [-0.3, -0.25) is 4.79 Å². The summed E-state index contributed by atoms with van der Waals surface area (Å²) in [5, 5.41) is 1.00. The van der Waals surface area contributed by atoms with Gasteiger partial charge in [0.05, 0.1) is 23.2 Å². The van der Waals surface area contributed by atoms with Crippen molar-refractivity contribution in [3.05, 3.63) is 22.3 Å². The summed E-state index contributed by atoms with van der Waals surface area (Å²) >= 11 is 12.1. The average molecular weight is 344 g/mol. The van der Waals surface area contributed by atoms with Crippen molar-refractivity contribution in [3.8, 4) is 0 Å². The third-order valence-corrected chi connectivity index (χ3v) is 4.58. The summed E-state index contributed by atoms with van der Waals surface area (Å²) in [7, 11) is 0. The molecule has 0 radical (unpaired) electrons. The molecule has 22 heavy (non-hydrogen) atoms. The van der Waals surface area contributed by atoms with Gasteiger partial charge in [0.15, 0.2) is 6.10 Å². The van der Waals surface area contributed by atoms with E-state index in [9.17, 15) is 4.79 Å². The molecule has 0 spiro atoms. The summed E-state index contributed by atoms with van der Waals surface area (Å²) in [6.07, 6.45) is 4.48. The van der Waals surface area contributed by atoms with Crippen molar-refractivity contribution >= 4 is 34.9 Å². The number of rotatable bonds is 2. The molecule has 2 aliphatic rings. The number of pyridine rings is 1. The zero-order chi connectivity index (χ0) is 15.5. The summed E-state index contributed by atoms with van der Waals surface area (Å²) in [5.74, 6) is 0.736. The number of hydrogen-bond donors (Lipinski definition) is 0. The molecule has 0 aliphatic carbocycles. The van der Waals surface area contributed by atoms with E-state index in [1.165, 1.54) is 6.42 Å². The van der Waals surface area contributed by atoms with Crippen LogP contribution in [0.3, 0.4) is 0 Å². The van der Waals surface area contributed by atoms with E-state index >= 15 is 0 Å². The molecule has 2 fully saturated rings. The maximum absolute atomic E-state index is 12.6. The average Bonchev–Trinajstić information content (AvgIpc) is 2.55. The smallest absolute Gasteiger partial charge is 0.253 e. The molecule has 3 rings (SSSR count). The number of likely N-dealkylation sites (tertiary alicyclic amines) is 1. The highest BCUT2D eigenvalue weighted by atomic mass is 35.5. The second-order valence-electron chi connectivity index (χ2n) is 5.65. The molecule has 5 nitrogen and oxygen atoms in total. The van der Waals surface area contributed by atoms with Crippen LogP contribution in [0.4, 0.5) is 5.82 Å². The molecule has 3 heterocycles. The van der Waals surface area contributed by atoms with Crippen LogP contribution in [0.25, 0.3) is 0 Å². The first-order chi connectivity index (χ1) is 10.6. The van der Waals surface area contributed by atoms with E-state index in [1.807, 2.05) is 9.80 Å². The Balaban J connectivity index is 1.69. The predicted octanol–water partition coefficient (Wildman–Crippen LogP) is 2.61. The van der Waals surface area contributed by atoms with Crippen molar-refractivity contribution in [3.63, 3.8) is 0 Å². The van der Waals surface area contributed by atoms with Crippen LogP contribution < -0.4 is 4.90 Å². The summed E-state index contributed by atoms with van der Waals surface area (Å²) in [4.78, 5) is 20.8. The van der Waals surface area contributed by atoms with Crippen molar-refractivity contribution in [2.45, 2.75) is 25.4 Å². The number of aromatic nitrogens is 1. The number of carbonyl (C=O) groups is 1. The van der Waals surface area contributed by atoms with Crippen LogP contribution >= 0.6 is 23.2 Å². The molecule has 120 valence electrons. The quantitative estimate of drug-likeness (QED) is 0.827. The maximum Gasteiger partial charge on any atom is 0.253 e. The molecule has 0 aromatic carbocycles. The Morgan fingerprint density at radius 3 is 2.73 bits per heavy atom. The molecule has 1 aromatic heterocycles. The largest absolute Gasteiger partial charge is 0.365 e. The Morgan fingerprint density at radius 2 is 2.00 bits per heavy atom. The fourth-order valence-corrected chi connectivity index (χ4v) is 3.45. The Hall–Kier alpha value is -1.04. The number of hydrogen-bond acceptors (Lipinski definition) is 4. The number of nitrogens with zero attached hydrogens (tertiary/aromatic N) is 3. The molecule has 2 saturated heterocycles. The second-order valence-corrected chi connectivity index (χ2v) is 6.49. The number of ether oxygens (including phenoxy) is 1. The third kappa shape index (κ3) is 3.47. The van der Waals surface area contributed by atoms with Crippen molar-refractivity contribution in [2.75, 3.05) is 37.7 Å². The normalized spacial score (nSPS) is 22.7. The highest BCUT2D eigenvalue weighted by Crippen LogP contribution is 2.27. The number of amides is 1. The zero-order valence-corrected chi connectivity index (χ0v) is 13.8. The van der Waals surface area contributed by atoms with Crippen LogP contribution in [0.2, 0.25) is 10.0 Å². The van der Waals surface area contributed by atoms with Crippen molar-refractivity contribution in [2.24, 2.45) is 0 Å². The molecule has 7 heteroatoms. The second kappa shape index (κ2) is 7.02. The summed E-state index contributed by atoms with van der Waals surface area (Å²) in [5.41, 5.74) is 0. The number of anilines is 1. The number of carbonyl (C=O) groups excluding carboxylic acids is 1. The molecule has 1 atom stereocenters. The highest BCUT2D eigenvalue weighted by Gasteiger charge is 2.31. The number of piperidine rings is 1. The topological polar surface area (TPSA) is 45.7 Å². The van der Waals surface area contributed by atoms with Gasteiger partial charge in [0.1, 0.15) is 5.82 Å². The van der Waals surface area contributed by atoms with E-state index in [2.05, 4.69) is 4.98 Å². The molecule has 0 bridgehead atoms. The molecule has 2 aliphatic heterocycles. The molecular formula is C15H19Cl2N3O2. The maximum atomic E-state index is 12.6.